The van der Waals surface area contributed by atoms with Crippen LogP contribution in [0.2, 0.25) is 0 Å². The molecule has 7 nitrogen and oxygen atoms in total. The number of benzene rings is 2. The lowest BCUT2D eigenvalue weighted by molar-refractivity contribution is 0.0764. The highest BCUT2D eigenvalue weighted by atomic mass is 16.2. The molecule has 0 atom stereocenters. The summed E-state index contributed by atoms with van der Waals surface area (Å²) in [7, 11) is 1.99. The Morgan fingerprint density at radius 3 is 2.68 bits per heavy atom. The summed E-state index contributed by atoms with van der Waals surface area (Å²) in [5.41, 5.74) is 6.51. The molecule has 1 amide bonds. The zero-order valence-corrected chi connectivity index (χ0v) is 15.6. The third kappa shape index (κ3) is 2.67. The summed E-state index contributed by atoms with van der Waals surface area (Å²) in [6.45, 7) is 1.32. The first-order chi connectivity index (χ1) is 13.7. The summed E-state index contributed by atoms with van der Waals surface area (Å²) in [5.74, 6) is 0.00141. The summed E-state index contributed by atoms with van der Waals surface area (Å²) < 4.78 is 1.96. The Bertz CT molecular complexity index is 1160. The van der Waals surface area contributed by atoms with Crippen molar-refractivity contribution in [3.63, 3.8) is 0 Å². The smallest absolute Gasteiger partial charge is 0.256 e. The van der Waals surface area contributed by atoms with Gasteiger partial charge in [0.05, 0.1) is 11.3 Å². The van der Waals surface area contributed by atoms with Crippen molar-refractivity contribution < 1.29 is 4.79 Å². The highest BCUT2D eigenvalue weighted by Crippen LogP contribution is 2.28. The number of aromatic amines is 1. The van der Waals surface area contributed by atoms with E-state index >= 15 is 0 Å². The fraction of sp³-hybridized carbons (Fsp3) is 0.238. The lowest BCUT2D eigenvalue weighted by atomic mass is 10.0. The number of aryl methyl sites for hydroxylation is 1. The van der Waals surface area contributed by atoms with Crippen LogP contribution in [-0.4, -0.2) is 49.1 Å². The van der Waals surface area contributed by atoms with Crippen molar-refractivity contribution in [1.29, 1.82) is 0 Å². The number of fused-ring (bicyclic) bond motifs is 2. The summed E-state index contributed by atoms with van der Waals surface area (Å²) in [6, 6.07) is 15.8. The number of aromatic nitrogens is 5. The zero-order valence-electron chi connectivity index (χ0n) is 15.6. The van der Waals surface area contributed by atoms with E-state index in [2.05, 4.69) is 27.5 Å². The van der Waals surface area contributed by atoms with Gasteiger partial charge < -0.3 is 4.90 Å². The van der Waals surface area contributed by atoms with Gasteiger partial charge in [-0.05, 0) is 18.6 Å². The number of rotatable bonds is 2. The van der Waals surface area contributed by atoms with E-state index in [-0.39, 0.29) is 5.91 Å². The summed E-state index contributed by atoms with van der Waals surface area (Å²) >= 11 is 0. The predicted octanol–water partition coefficient (Wildman–Crippen LogP) is 2.60. The zero-order chi connectivity index (χ0) is 19.1. The Balaban J connectivity index is 1.46. The molecule has 2 aromatic heterocycles. The molecule has 28 heavy (non-hydrogen) atoms. The van der Waals surface area contributed by atoms with Crippen molar-refractivity contribution in [3.8, 4) is 11.3 Å². The predicted molar refractivity (Wildman–Crippen MR) is 106 cm³/mol. The Morgan fingerprint density at radius 1 is 1.00 bits per heavy atom. The van der Waals surface area contributed by atoms with Crippen LogP contribution in [0.15, 0.2) is 48.5 Å². The number of nitrogens with one attached hydrogen (secondary N) is 1. The van der Waals surface area contributed by atoms with Gasteiger partial charge in [0.25, 0.3) is 5.91 Å². The molecule has 0 saturated heterocycles. The molecule has 140 valence electrons. The average Bonchev–Trinajstić information content (AvgIpc) is 3.26. The van der Waals surface area contributed by atoms with E-state index in [1.807, 2.05) is 53.0 Å². The number of hydrogen-bond acceptors (Lipinski definition) is 4. The van der Waals surface area contributed by atoms with Gasteiger partial charge in [0, 0.05) is 43.4 Å². The molecular formula is C21H20N6O. The van der Waals surface area contributed by atoms with Crippen molar-refractivity contribution in [2.24, 2.45) is 7.05 Å². The first-order valence-corrected chi connectivity index (χ1v) is 9.41. The van der Waals surface area contributed by atoms with Crippen LogP contribution in [-0.2, 0) is 19.9 Å². The number of nitrogens with zero attached hydrogens (tertiary/aromatic N) is 5. The van der Waals surface area contributed by atoms with E-state index in [0.717, 1.165) is 24.1 Å². The highest BCUT2D eigenvalue weighted by Gasteiger charge is 2.26. The number of amides is 1. The van der Waals surface area contributed by atoms with Gasteiger partial charge in [0.15, 0.2) is 0 Å². The van der Waals surface area contributed by atoms with Gasteiger partial charge in [-0.1, -0.05) is 36.4 Å². The number of hydrogen-bond donors (Lipinski definition) is 1. The summed E-state index contributed by atoms with van der Waals surface area (Å²) in [5, 5.41) is 15.6. The molecule has 0 saturated carbocycles. The number of carbonyl (C=O) groups excluding carboxylic acids is 1. The van der Waals surface area contributed by atoms with E-state index in [1.165, 1.54) is 11.3 Å². The minimum absolute atomic E-state index is 0.00141. The first kappa shape index (κ1) is 16.7. The van der Waals surface area contributed by atoms with Crippen LogP contribution >= 0.6 is 0 Å². The number of carbonyl (C=O) groups is 1. The van der Waals surface area contributed by atoms with E-state index in [9.17, 15) is 4.79 Å². The largest absolute Gasteiger partial charge is 0.338 e. The quantitative estimate of drug-likeness (QED) is 0.587. The van der Waals surface area contributed by atoms with Crippen LogP contribution in [0.4, 0.5) is 0 Å². The van der Waals surface area contributed by atoms with Gasteiger partial charge in [-0.3, -0.25) is 9.48 Å². The molecule has 4 aromatic rings. The molecule has 0 fully saturated rings. The second-order valence-corrected chi connectivity index (χ2v) is 7.05. The number of para-hydroxylation sites is 1. The number of H-pyrrole nitrogens is 1. The molecule has 3 heterocycles. The topological polar surface area (TPSA) is 79.7 Å². The molecule has 2 aromatic carbocycles. The van der Waals surface area contributed by atoms with Crippen LogP contribution in [0.25, 0.3) is 22.3 Å². The SMILES string of the molecule is Cn1nc(-c2ccccc2)c2c1CCN(C(=O)c1cccc3n[nH]nc13)CC2. The Kier molecular flexibility index (Phi) is 3.93. The molecule has 1 N–H and O–H groups in total. The van der Waals surface area contributed by atoms with Crippen molar-refractivity contribution in [1.82, 2.24) is 30.1 Å². The Hall–Kier alpha value is -3.48. The molecule has 0 spiro atoms. The molecule has 1 aliphatic rings. The van der Waals surface area contributed by atoms with Crippen molar-refractivity contribution >= 4 is 16.9 Å². The maximum absolute atomic E-state index is 13.2. The van der Waals surface area contributed by atoms with Crippen LogP contribution in [0.1, 0.15) is 21.6 Å². The molecule has 0 unspecified atom stereocenters. The average molecular weight is 372 g/mol. The molecule has 0 aliphatic carbocycles. The molecule has 7 heteroatoms. The van der Waals surface area contributed by atoms with Crippen LogP contribution in [0.3, 0.4) is 0 Å². The van der Waals surface area contributed by atoms with Crippen molar-refractivity contribution in [2.75, 3.05) is 13.1 Å². The fourth-order valence-corrected chi connectivity index (χ4v) is 4.02. The van der Waals surface area contributed by atoms with Crippen LogP contribution < -0.4 is 0 Å². The third-order valence-corrected chi connectivity index (χ3v) is 5.44. The van der Waals surface area contributed by atoms with Crippen LogP contribution in [0.5, 0.6) is 0 Å². The second-order valence-electron chi connectivity index (χ2n) is 7.05. The summed E-state index contributed by atoms with van der Waals surface area (Å²) in [6.07, 6.45) is 1.57. The fourth-order valence-electron chi connectivity index (χ4n) is 4.02. The normalized spacial score (nSPS) is 14.1. The first-order valence-electron chi connectivity index (χ1n) is 9.41. The Labute approximate surface area is 162 Å². The van der Waals surface area contributed by atoms with E-state index in [4.69, 9.17) is 5.10 Å². The van der Waals surface area contributed by atoms with Crippen LogP contribution in [0, 0.1) is 0 Å². The minimum atomic E-state index is 0.00141. The van der Waals surface area contributed by atoms with Gasteiger partial charge in [-0.25, -0.2) is 0 Å². The minimum Gasteiger partial charge on any atom is -0.338 e. The van der Waals surface area contributed by atoms with E-state index in [0.29, 0.717) is 29.7 Å². The van der Waals surface area contributed by atoms with Gasteiger partial charge in [-0.2, -0.15) is 20.5 Å². The van der Waals surface area contributed by atoms with E-state index < -0.39 is 0 Å². The van der Waals surface area contributed by atoms with Crippen molar-refractivity contribution in [2.45, 2.75) is 12.8 Å². The molecule has 5 rings (SSSR count). The molecule has 1 aliphatic heterocycles. The maximum Gasteiger partial charge on any atom is 0.256 e. The maximum atomic E-state index is 13.2. The van der Waals surface area contributed by atoms with E-state index in [1.54, 1.807) is 0 Å². The lowest BCUT2D eigenvalue weighted by Gasteiger charge is -2.20. The molecule has 0 bridgehead atoms. The third-order valence-electron chi connectivity index (χ3n) is 5.44. The van der Waals surface area contributed by atoms with Gasteiger partial charge in [0.2, 0.25) is 0 Å². The molecule has 0 radical (unpaired) electrons. The second kappa shape index (κ2) is 6.60. The van der Waals surface area contributed by atoms with Crippen molar-refractivity contribution in [3.05, 3.63) is 65.4 Å². The lowest BCUT2D eigenvalue weighted by Crippen LogP contribution is -2.33. The summed E-state index contributed by atoms with van der Waals surface area (Å²) in [4.78, 5) is 15.1. The van der Waals surface area contributed by atoms with Gasteiger partial charge in [-0.15, -0.1) is 0 Å². The molecular weight excluding hydrogens is 352 g/mol. The monoisotopic (exact) mass is 372 g/mol. The highest BCUT2D eigenvalue weighted by molar-refractivity contribution is 6.04. The van der Waals surface area contributed by atoms with Gasteiger partial charge in [0.1, 0.15) is 11.0 Å². The van der Waals surface area contributed by atoms with Gasteiger partial charge >= 0.3 is 0 Å². The Morgan fingerprint density at radius 2 is 1.82 bits per heavy atom. The standard InChI is InChI=1S/C21H20N6O/c1-26-18-11-13-27(21(28)16-8-5-9-17-20(16)23-25-22-17)12-10-15(18)19(24-26)14-6-3-2-4-7-14/h2-9H,10-13H2,1H3,(H,22,23,25).